The molecule has 0 aliphatic rings. The van der Waals surface area contributed by atoms with Gasteiger partial charge in [0.15, 0.2) is 0 Å². The molecule has 1 atom stereocenters. The Morgan fingerprint density at radius 2 is 1.75 bits per heavy atom. The van der Waals surface area contributed by atoms with E-state index in [2.05, 4.69) is 9.78 Å². The number of ether oxygens (including phenoxy) is 2. The summed E-state index contributed by atoms with van der Waals surface area (Å²) in [6, 6.07) is 0. The first-order chi connectivity index (χ1) is 7.70. The molecule has 7 nitrogen and oxygen atoms in total. The Kier molecular flexibility index (Phi) is 10.0. The van der Waals surface area contributed by atoms with Crippen LogP contribution in [-0.4, -0.2) is 42.6 Å². The Balaban J connectivity index is 3.36. The molecular weight excluding hydrogens is 220 g/mol. The van der Waals surface area contributed by atoms with Gasteiger partial charge in [-0.15, -0.1) is 0 Å². The summed E-state index contributed by atoms with van der Waals surface area (Å²) in [5.41, 5.74) is 0. The Morgan fingerprint density at radius 3 is 2.38 bits per heavy atom. The van der Waals surface area contributed by atoms with Gasteiger partial charge in [-0.25, -0.2) is 14.6 Å². The summed E-state index contributed by atoms with van der Waals surface area (Å²) in [6.07, 6.45) is 0.446. The van der Waals surface area contributed by atoms with Crippen molar-refractivity contribution in [1.29, 1.82) is 0 Å². The van der Waals surface area contributed by atoms with Crippen molar-refractivity contribution < 1.29 is 34.6 Å². The quantitative estimate of drug-likeness (QED) is 0.273. The first kappa shape index (κ1) is 15.1. The highest BCUT2D eigenvalue weighted by atomic mass is 17.1. The standard InChI is InChI=1S/C9H18O7/c1-8(4-7-15-12)16-9(10)13-5-2-3-6-14-11/h8,11-12H,2-7H2,1H3. The fraction of sp³-hybridized carbons (Fsp3) is 0.889. The van der Waals surface area contributed by atoms with Gasteiger partial charge in [0, 0.05) is 6.42 Å². The third-order valence-electron chi connectivity index (χ3n) is 1.76. The van der Waals surface area contributed by atoms with E-state index < -0.39 is 6.16 Å². The maximum atomic E-state index is 11.0. The lowest BCUT2D eigenvalue weighted by molar-refractivity contribution is -0.245. The fourth-order valence-electron chi connectivity index (χ4n) is 0.900. The van der Waals surface area contributed by atoms with Crippen molar-refractivity contribution in [3.05, 3.63) is 0 Å². The minimum absolute atomic E-state index is 0.0995. The molecule has 0 aliphatic carbocycles. The number of hydrogen-bond acceptors (Lipinski definition) is 7. The summed E-state index contributed by atoms with van der Waals surface area (Å²) in [4.78, 5) is 18.7. The summed E-state index contributed by atoms with van der Waals surface area (Å²) in [5.74, 6) is 0. The van der Waals surface area contributed by atoms with Crippen LogP contribution in [0, 0.1) is 0 Å². The molecule has 96 valence electrons. The molecule has 0 fully saturated rings. The molecule has 0 aromatic rings. The van der Waals surface area contributed by atoms with Crippen molar-refractivity contribution in [1.82, 2.24) is 0 Å². The normalized spacial score (nSPS) is 12.2. The molecule has 1 unspecified atom stereocenters. The smallest absolute Gasteiger partial charge is 0.434 e. The van der Waals surface area contributed by atoms with E-state index in [1.54, 1.807) is 6.92 Å². The van der Waals surface area contributed by atoms with Crippen LogP contribution in [0.1, 0.15) is 26.2 Å². The number of hydrogen-bond donors (Lipinski definition) is 2. The molecule has 0 heterocycles. The van der Waals surface area contributed by atoms with E-state index in [0.29, 0.717) is 19.3 Å². The van der Waals surface area contributed by atoms with Crippen molar-refractivity contribution in [3.8, 4) is 0 Å². The van der Waals surface area contributed by atoms with Crippen molar-refractivity contribution in [2.24, 2.45) is 0 Å². The molecule has 0 aromatic carbocycles. The van der Waals surface area contributed by atoms with Crippen molar-refractivity contribution in [2.45, 2.75) is 32.3 Å². The minimum Gasteiger partial charge on any atom is -0.434 e. The number of rotatable bonds is 9. The zero-order valence-corrected chi connectivity index (χ0v) is 9.26. The summed E-state index contributed by atoms with van der Waals surface area (Å²) < 4.78 is 9.56. The number of carbonyl (C=O) groups is 1. The van der Waals surface area contributed by atoms with E-state index in [0.717, 1.165) is 0 Å². The largest absolute Gasteiger partial charge is 0.508 e. The van der Waals surface area contributed by atoms with Gasteiger partial charge in [0.25, 0.3) is 0 Å². The van der Waals surface area contributed by atoms with Crippen LogP contribution in [0.4, 0.5) is 4.79 Å². The van der Waals surface area contributed by atoms with Crippen LogP contribution in [-0.2, 0) is 19.2 Å². The van der Waals surface area contributed by atoms with Gasteiger partial charge < -0.3 is 9.47 Å². The zero-order chi connectivity index (χ0) is 12.2. The summed E-state index contributed by atoms with van der Waals surface area (Å²) in [7, 11) is 0. The van der Waals surface area contributed by atoms with Crippen molar-refractivity contribution in [2.75, 3.05) is 19.8 Å². The lowest BCUT2D eigenvalue weighted by Gasteiger charge is -2.11. The zero-order valence-electron chi connectivity index (χ0n) is 9.26. The Labute approximate surface area is 93.7 Å². The topological polar surface area (TPSA) is 94.5 Å². The molecule has 0 aromatic heterocycles. The second kappa shape index (κ2) is 10.6. The molecule has 0 saturated carbocycles. The molecule has 0 bridgehead atoms. The van der Waals surface area contributed by atoms with E-state index in [1.165, 1.54) is 0 Å². The van der Waals surface area contributed by atoms with Gasteiger partial charge in [-0.2, -0.15) is 0 Å². The number of carbonyl (C=O) groups excluding carboxylic acids is 1. The fourth-order valence-corrected chi connectivity index (χ4v) is 0.900. The van der Waals surface area contributed by atoms with Gasteiger partial charge in [0.1, 0.15) is 6.10 Å². The highest BCUT2D eigenvalue weighted by Crippen LogP contribution is 2.00. The highest BCUT2D eigenvalue weighted by molar-refractivity contribution is 5.59. The molecule has 0 aliphatic heterocycles. The van der Waals surface area contributed by atoms with Crippen LogP contribution < -0.4 is 0 Å². The second-order valence-electron chi connectivity index (χ2n) is 3.19. The second-order valence-corrected chi connectivity index (χ2v) is 3.19. The Morgan fingerprint density at radius 1 is 1.12 bits per heavy atom. The first-order valence-corrected chi connectivity index (χ1v) is 5.06. The third-order valence-corrected chi connectivity index (χ3v) is 1.76. The molecule has 0 saturated heterocycles. The Hall–Kier alpha value is -0.890. The molecule has 16 heavy (non-hydrogen) atoms. The summed E-state index contributed by atoms with van der Waals surface area (Å²) >= 11 is 0. The maximum absolute atomic E-state index is 11.0. The van der Waals surface area contributed by atoms with Crippen LogP contribution in [0.25, 0.3) is 0 Å². The molecule has 0 spiro atoms. The highest BCUT2D eigenvalue weighted by Gasteiger charge is 2.10. The van der Waals surface area contributed by atoms with Crippen molar-refractivity contribution >= 4 is 6.16 Å². The van der Waals surface area contributed by atoms with Crippen LogP contribution >= 0.6 is 0 Å². The minimum atomic E-state index is -0.754. The van der Waals surface area contributed by atoms with E-state index in [4.69, 9.17) is 20.0 Å². The molecule has 0 amide bonds. The van der Waals surface area contributed by atoms with E-state index >= 15 is 0 Å². The lowest BCUT2D eigenvalue weighted by atomic mass is 10.3. The molecule has 0 radical (unpaired) electrons. The van der Waals surface area contributed by atoms with Gasteiger partial charge in [-0.3, -0.25) is 10.5 Å². The van der Waals surface area contributed by atoms with Crippen LogP contribution in [0.15, 0.2) is 0 Å². The average molecular weight is 238 g/mol. The average Bonchev–Trinajstić information content (AvgIpc) is 2.26. The van der Waals surface area contributed by atoms with Gasteiger partial charge in [0.05, 0.1) is 19.8 Å². The van der Waals surface area contributed by atoms with Crippen LogP contribution in [0.3, 0.4) is 0 Å². The first-order valence-electron chi connectivity index (χ1n) is 5.06. The van der Waals surface area contributed by atoms with Gasteiger partial charge in [-0.1, -0.05) is 0 Å². The van der Waals surface area contributed by atoms with E-state index in [-0.39, 0.29) is 25.9 Å². The van der Waals surface area contributed by atoms with Gasteiger partial charge in [0.2, 0.25) is 0 Å². The van der Waals surface area contributed by atoms with Crippen LogP contribution in [0.5, 0.6) is 0 Å². The maximum Gasteiger partial charge on any atom is 0.508 e. The van der Waals surface area contributed by atoms with Crippen LogP contribution in [0.2, 0.25) is 0 Å². The summed E-state index contributed by atoms with van der Waals surface area (Å²) in [5, 5.41) is 16.1. The number of unbranched alkanes of at least 4 members (excludes halogenated alkanes) is 1. The third kappa shape index (κ3) is 9.66. The van der Waals surface area contributed by atoms with E-state index in [9.17, 15) is 4.79 Å². The molecule has 0 rings (SSSR count). The molecule has 7 heteroatoms. The summed E-state index contributed by atoms with van der Waals surface area (Å²) in [6.45, 7) is 2.19. The molecular formula is C9H18O7. The van der Waals surface area contributed by atoms with E-state index in [1.807, 2.05) is 0 Å². The SMILES string of the molecule is CC(CCOO)OC(=O)OCCCCOO. The lowest BCUT2D eigenvalue weighted by Crippen LogP contribution is -2.18. The monoisotopic (exact) mass is 238 g/mol. The van der Waals surface area contributed by atoms with Gasteiger partial charge in [-0.05, 0) is 19.8 Å². The predicted molar refractivity (Wildman–Crippen MR) is 52.9 cm³/mol. The Bertz CT molecular complexity index is 173. The predicted octanol–water partition coefficient (Wildman–Crippen LogP) is 1.68. The van der Waals surface area contributed by atoms with Gasteiger partial charge >= 0.3 is 6.16 Å². The molecule has 2 N–H and O–H groups in total. The van der Waals surface area contributed by atoms with Crippen molar-refractivity contribution in [3.63, 3.8) is 0 Å².